The van der Waals surface area contributed by atoms with Crippen LogP contribution in [-0.4, -0.2) is 35.5 Å². The number of aromatic nitrogens is 1. The summed E-state index contributed by atoms with van der Waals surface area (Å²) in [4.78, 5) is 17.7. The molecule has 0 unspecified atom stereocenters. The number of hydrogen-bond acceptors (Lipinski definition) is 2. The number of ether oxygens (including phenoxy) is 1. The molecule has 4 nitrogen and oxygen atoms in total. The largest absolute Gasteiger partial charge is 0.484 e. The maximum absolute atomic E-state index is 12.3. The van der Waals surface area contributed by atoms with Crippen molar-refractivity contribution in [2.45, 2.75) is 25.7 Å². The van der Waals surface area contributed by atoms with E-state index in [1.54, 1.807) is 0 Å². The number of nitrogens with zero attached hydrogens (tertiary/aromatic N) is 1. The molecule has 0 spiro atoms. The molecule has 3 aromatic rings. The SMILES string of the molecule is O=C(COc1ccc2c(c1)[nH]c1ccccc12)N1CCCCCC1. The highest BCUT2D eigenvalue weighted by Gasteiger charge is 2.16. The Morgan fingerprint density at radius 1 is 0.958 bits per heavy atom. The number of amides is 1. The molecule has 1 aliphatic heterocycles. The van der Waals surface area contributed by atoms with Gasteiger partial charge in [-0.1, -0.05) is 31.0 Å². The molecule has 0 bridgehead atoms. The van der Waals surface area contributed by atoms with Crippen LogP contribution in [0.25, 0.3) is 21.8 Å². The van der Waals surface area contributed by atoms with Gasteiger partial charge in [-0.25, -0.2) is 0 Å². The molecular formula is C20H22N2O2. The topological polar surface area (TPSA) is 45.3 Å². The number of fused-ring (bicyclic) bond motifs is 3. The first-order valence-corrected chi connectivity index (χ1v) is 8.72. The van der Waals surface area contributed by atoms with Gasteiger partial charge in [0.25, 0.3) is 5.91 Å². The van der Waals surface area contributed by atoms with E-state index >= 15 is 0 Å². The third kappa shape index (κ3) is 2.96. The highest BCUT2D eigenvalue weighted by atomic mass is 16.5. The third-order valence-electron chi connectivity index (χ3n) is 4.80. The number of hydrogen-bond donors (Lipinski definition) is 1. The Labute approximate surface area is 141 Å². The molecular weight excluding hydrogens is 300 g/mol. The van der Waals surface area contributed by atoms with Crippen LogP contribution in [0.2, 0.25) is 0 Å². The average Bonchev–Trinajstić information content (AvgIpc) is 2.78. The van der Waals surface area contributed by atoms with E-state index in [0.717, 1.165) is 42.7 Å². The predicted octanol–water partition coefficient (Wildman–Crippen LogP) is 4.10. The van der Waals surface area contributed by atoms with E-state index in [0.29, 0.717) is 0 Å². The van der Waals surface area contributed by atoms with Gasteiger partial charge in [-0.3, -0.25) is 4.79 Å². The van der Waals surface area contributed by atoms with Gasteiger partial charge in [-0.05, 0) is 31.0 Å². The summed E-state index contributed by atoms with van der Waals surface area (Å²) in [5.74, 6) is 0.825. The van der Waals surface area contributed by atoms with Crippen LogP contribution < -0.4 is 4.74 Å². The Balaban J connectivity index is 1.48. The Hall–Kier alpha value is -2.49. The molecule has 0 saturated carbocycles. The highest BCUT2D eigenvalue weighted by Crippen LogP contribution is 2.28. The second kappa shape index (κ2) is 6.56. The zero-order valence-corrected chi connectivity index (χ0v) is 13.8. The van der Waals surface area contributed by atoms with Gasteiger partial charge in [-0.2, -0.15) is 0 Å². The summed E-state index contributed by atoms with van der Waals surface area (Å²) in [5.41, 5.74) is 2.15. The molecule has 4 rings (SSSR count). The number of para-hydroxylation sites is 1. The van der Waals surface area contributed by atoms with Crippen molar-refractivity contribution in [1.82, 2.24) is 9.88 Å². The standard InChI is InChI=1S/C20H22N2O2/c23-20(22-11-5-1-2-6-12-22)14-24-15-9-10-17-16-7-3-4-8-18(16)21-19(17)13-15/h3-4,7-10,13,21H,1-2,5-6,11-12,14H2. The number of carbonyl (C=O) groups excluding carboxylic acids is 1. The van der Waals surface area contributed by atoms with Crippen LogP contribution in [0.1, 0.15) is 25.7 Å². The number of aromatic amines is 1. The average molecular weight is 322 g/mol. The lowest BCUT2D eigenvalue weighted by molar-refractivity contribution is -0.133. The minimum Gasteiger partial charge on any atom is -0.484 e. The lowest BCUT2D eigenvalue weighted by Crippen LogP contribution is -2.35. The van der Waals surface area contributed by atoms with Crippen LogP contribution in [0.3, 0.4) is 0 Å². The summed E-state index contributed by atoms with van der Waals surface area (Å²) in [5, 5.41) is 2.39. The summed E-state index contributed by atoms with van der Waals surface area (Å²) in [6.45, 7) is 1.85. The molecule has 1 saturated heterocycles. The van der Waals surface area contributed by atoms with Gasteiger partial charge in [-0.15, -0.1) is 0 Å². The number of rotatable bonds is 3. The van der Waals surface area contributed by atoms with E-state index in [2.05, 4.69) is 23.2 Å². The first-order valence-electron chi connectivity index (χ1n) is 8.72. The van der Waals surface area contributed by atoms with E-state index in [1.807, 2.05) is 29.2 Å². The van der Waals surface area contributed by atoms with Crippen molar-refractivity contribution in [2.75, 3.05) is 19.7 Å². The van der Waals surface area contributed by atoms with E-state index in [1.165, 1.54) is 23.6 Å². The number of likely N-dealkylation sites (tertiary alicyclic amines) is 1. The molecule has 24 heavy (non-hydrogen) atoms. The fourth-order valence-corrected chi connectivity index (χ4v) is 3.48. The molecule has 1 N–H and O–H groups in total. The van der Waals surface area contributed by atoms with E-state index in [4.69, 9.17) is 4.74 Å². The lowest BCUT2D eigenvalue weighted by Gasteiger charge is -2.20. The summed E-state index contributed by atoms with van der Waals surface area (Å²) < 4.78 is 5.75. The van der Waals surface area contributed by atoms with Gasteiger partial charge in [0, 0.05) is 35.4 Å². The number of nitrogens with one attached hydrogen (secondary N) is 1. The Morgan fingerprint density at radius 3 is 2.54 bits per heavy atom. The summed E-state index contributed by atoms with van der Waals surface area (Å²) in [6, 6.07) is 14.2. The zero-order chi connectivity index (χ0) is 16.4. The molecule has 4 heteroatoms. The summed E-state index contributed by atoms with van der Waals surface area (Å²) in [6.07, 6.45) is 4.66. The Bertz CT molecular complexity index is 860. The quantitative estimate of drug-likeness (QED) is 0.789. The lowest BCUT2D eigenvalue weighted by atomic mass is 10.1. The molecule has 0 atom stereocenters. The molecule has 2 aromatic carbocycles. The highest BCUT2D eigenvalue weighted by molar-refractivity contribution is 6.07. The van der Waals surface area contributed by atoms with Crippen molar-refractivity contribution in [3.63, 3.8) is 0 Å². The molecule has 1 fully saturated rings. The second-order valence-corrected chi connectivity index (χ2v) is 6.46. The van der Waals surface area contributed by atoms with Gasteiger partial charge in [0.1, 0.15) is 5.75 Å². The molecule has 1 amide bonds. The summed E-state index contributed by atoms with van der Waals surface area (Å²) >= 11 is 0. The number of carbonyl (C=O) groups is 1. The van der Waals surface area contributed by atoms with Gasteiger partial charge < -0.3 is 14.6 Å². The van der Waals surface area contributed by atoms with E-state index in [-0.39, 0.29) is 12.5 Å². The second-order valence-electron chi connectivity index (χ2n) is 6.46. The minimum absolute atomic E-state index is 0.0913. The first kappa shape index (κ1) is 15.1. The fourth-order valence-electron chi connectivity index (χ4n) is 3.48. The molecule has 1 aliphatic rings. The van der Waals surface area contributed by atoms with Crippen molar-refractivity contribution in [1.29, 1.82) is 0 Å². The molecule has 1 aromatic heterocycles. The van der Waals surface area contributed by atoms with Crippen LogP contribution in [0, 0.1) is 0 Å². The zero-order valence-electron chi connectivity index (χ0n) is 13.8. The van der Waals surface area contributed by atoms with Gasteiger partial charge in [0.2, 0.25) is 0 Å². The van der Waals surface area contributed by atoms with Crippen molar-refractivity contribution in [3.8, 4) is 5.75 Å². The van der Waals surface area contributed by atoms with Crippen LogP contribution in [-0.2, 0) is 4.79 Å². The maximum atomic E-state index is 12.3. The first-order chi connectivity index (χ1) is 11.8. The monoisotopic (exact) mass is 322 g/mol. The Kier molecular flexibility index (Phi) is 4.11. The summed E-state index contributed by atoms with van der Waals surface area (Å²) in [7, 11) is 0. The smallest absolute Gasteiger partial charge is 0.260 e. The van der Waals surface area contributed by atoms with Crippen LogP contribution >= 0.6 is 0 Å². The van der Waals surface area contributed by atoms with Crippen molar-refractivity contribution in [3.05, 3.63) is 42.5 Å². The van der Waals surface area contributed by atoms with Crippen LogP contribution in [0.4, 0.5) is 0 Å². The van der Waals surface area contributed by atoms with E-state index < -0.39 is 0 Å². The molecule has 2 heterocycles. The fraction of sp³-hybridized carbons (Fsp3) is 0.350. The van der Waals surface area contributed by atoms with Gasteiger partial charge in [0.15, 0.2) is 6.61 Å². The predicted molar refractivity (Wildman–Crippen MR) is 96.3 cm³/mol. The van der Waals surface area contributed by atoms with Crippen molar-refractivity contribution < 1.29 is 9.53 Å². The normalized spacial score (nSPS) is 15.6. The van der Waals surface area contributed by atoms with Crippen LogP contribution in [0.5, 0.6) is 5.75 Å². The molecule has 0 aliphatic carbocycles. The molecule has 124 valence electrons. The number of H-pyrrole nitrogens is 1. The van der Waals surface area contributed by atoms with Crippen molar-refractivity contribution in [2.24, 2.45) is 0 Å². The van der Waals surface area contributed by atoms with Crippen LogP contribution in [0.15, 0.2) is 42.5 Å². The maximum Gasteiger partial charge on any atom is 0.260 e. The molecule has 0 radical (unpaired) electrons. The third-order valence-corrected chi connectivity index (χ3v) is 4.80. The van der Waals surface area contributed by atoms with Gasteiger partial charge >= 0.3 is 0 Å². The van der Waals surface area contributed by atoms with Gasteiger partial charge in [0.05, 0.1) is 5.52 Å². The number of benzene rings is 2. The van der Waals surface area contributed by atoms with E-state index in [9.17, 15) is 4.79 Å². The minimum atomic E-state index is 0.0913. The Morgan fingerprint density at radius 2 is 1.71 bits per heavy atom. The van der Waals surface area contributed by atoms with Crippen molar-refractivity contribution >= 4 is 27.7 Å².